The van der Waals surface area contributed by atoms with Crippen molar-refractivity contribution in [1.29, 1.82) is 0 Å². The van der Waals surface area contributed by atoms with Gasteiger partial charge in [-0.05, 0) is 62.1 Å². The second-order valence-electron chi connectivity index (χ2n) is 7.76. The summed E-state index contributed by atoms with van der Waals surface area (Å²) in [5.41, 5.74) is 1.53. The van der Waals surface area contributed by atoms with Crippen LogP contribution in [0.2, 0.25) is 0 Å². The number of rotatable bonds is 8. The molecule has 0 unspecified atom stereocenters. The summed E-state index contributed by atoms with van der Waals surface area (Å²) in [6.45, 7) is 3.06. The molecule has 8 nitrogen and oxygen atoms in total. The van der Waals surface area contributed by atoms with Crippen molar-refractivity contribution in [1.82, 2.24) is 10.2 Å². The first-order valence-electron chi connectivity index (χ1n) is 11.1. The number of methoxy groups -OCH3 is 1. The van der Waals surface area contributed by atoms with E-state index in [9.17, 15) is 14.4 Å². The average molecular weight is 455 g/mol. The fourth-order valence-electron chi connectivity index (χ4n) is 3.78. The molecule has 1 aliphatic rings. The van der Waals surface area contributed by atoms with Crippen molar-refractivity contribution in [3.63, 3.8) is 0 Å². The summed E-state index contributed by atoms with van der Waals surface area (Å²) in [7, 11) is 1.62. The summed E-state index contributed by atoms with van der Waals surface area (Å²) in [4.78, 5) is 38.3. The van der Waals surface area contributed by atoms with Gasteiger partial charge in [-0.25, -0.2) is 4.79 Å². The number of amides is 2. The van der Waals surface area contributed by atoms with Crippen molar-refractivity contribution in [3.8, 4) is 11.5 Å². The van der Waals surface area contributed by atoms with Crippen LogP contribution < -0.4 is 14.8 Å². The molecule has 33 heavy (non-hydrogen) atoms. The average Bonchev–Trinajstić information content (AvgIpc) is 2.83. The Kier molecular flexibility index (Phi) is 8.69. The van der Waals surface area contributed by atoms with E-state index in [4.69, 9.17) is 14.2 Å². The van der Waals surface area contributed by atoms with Crippen LogP contribution in [-0.2, 0) is 16.0 Å². The lowest BCUT2D eigenvalue weighted by molar-refractivity contribution is -0.122. The van der Waals surface area contributed by atoms with E-state index < -0.39 is 6.16 Å². The highest BCUT2D eigenvalue weighted by Crippen LogP contribution is 2.20. The summed E-state index contributed by atoms with van der Waals surface area (Å²) in [6, 6.07) is 14.1. The molecule has 0 aliphatic carbocycles. The molecule has 0 saturated carbocycles. The minimum atomic E-state index is -0.774. The fourth-order valence-corrected chi connectivity index (χ4v) is 3.78. The number of hydrogen-bond donors (Lipinski definition) is 1. The van der Waals surface area contributed by atoms with Gasteiger partial charge < -0.3 is 24.4 Å². The maximum Gasteiger partial charge on any atom is 0.513 e. The van der Waals surface area contributed by atoms with Crippen LogP contribution in [0.15, 0.2) is 48.5 Å². The normalized spacial score (nSPS) is 13.8. The third-order valence-electron chi connectivity index (χ3n) is 5.53. The SMILES string of the molecule is CCOC(=O)Oc1ccc(C(=O)N2CCC(NC(=O)CCc3ccccc3OC)CC2)cc1. The Morgan fingerprint density at radius 1 is 1.03 bits per heavy atom. The molecule has 1 aliphatic heterocycles. The van der Waals surface area contributed by atoms with Crippen molar-refractivity contribution >= 4 is 18.0 Å². The molecule has 3 rings (SSSR count). The van der Waals surface area contributed by atoms with Gasteiger partial charge in [0.2, 0.25) is 5.91 Å². The van der Waals surface area contributed by atoms with Crippen molar-refractivity contribution in [2.24, 2.45) is 0 Å². The Labute approximate surface area is 193 Å². The molecule has 2 aromatic carbocycles. The van der Waals surface area contributed by atoms with Gasteiger partial charge in [0.05, 0.1) is 13.7 Å². The predicted molar refractivity (Wildman–Crippen MR) is 122 cm³/mol. The topological polar surface area (TPSA) is 94.2 Å². The fraction of sp³-hybridized carbons (Fsp3) is 0.400. The quantitative estimate of drug-likeness (QED) is 0.484. The van der Waals surface area contributed by atoms with Gasteiger partial charge in [0.15, 0.2) is 0 Å². The van der Waals surface area contributed by atoms with Crippen molar-refractivity contribution < 1.29 is 28.6 Å². The van der Waals surface area contributed by atoms with Crippen LogP contribution in [-0.4, -0.2) is 55.7 Å². The van der Waals surface area contributed by atoms with Gasteiger partial charge in [-0.3, -0.25) is 9.59 Å². The molecule has 0 spiro atoms. The summed E-state index contributed by atoms with van der Waals surface area (Å²) >= 11 is 0. The van der Waals surface area contributed by atoms with Gasteiger partial charge in [0, 0.05) is 31.1 Å². The second kappa shape index (κ2) is 11.9. The number of carbonyl (C=O) groups excluding carboxylic acids is 3. The molecule has 0 radical (unpaired) electrons. The smallest absolute Gasteiger partial charge is 0.496 e. The van der Waals surface area contributed by atoms with E-state index >= 15 is 0 Å². The molecular formula is C25H30N2O6. The van der Waals surface area contributed by atoms with Gasteiger partial charge in [0.1, 0.15) is 11.5 Å². The van der Waals surface area contributed by atoms with E-state index in [1.807, 2.05) is 24.3 Å². The summed E-state index contributed by atoms with van der Waals surface area (Å²) in [6.07, 6.45) is 1.64. The number of hydrogen-bond acceptors (Lipinski definition) is 6. The monoisotopic (exact) mass is 454 g/mol. The third-order valence-corrected chi connectivity index (χ3v) is 5.53. The van der Waals surface area contributed by atoms with E-state index in [-0.39, 0.29) is 24.5 Å². The van der Waals surface area contributed by atoms with Crippen LogP contribution in [0.4, 0.5) is 4.79 Å². The molecule has 0 atom stereocenters. The lowest BCUT2D eigenvalue weighted by Gasteiger charge is -2.32. The zero-order chi connectivity index (χ0) is 23.6. The van der Waals surface area contributed by atoms with Crippen LogP contribution in [0.1, 0.15) is 42.1 Å². The first-order valence-corrected chi connectivity index (χ1v) is 11.1. The Bertz CT molecular complexity index is 952. The molecule has 2 amide bonds. The van der Waals surface area contributed by atoms with Crippen molar-refractivity contribution in [3.05, 3.63) is 59.7 Å². The van der Waals surface area contributed by atoms with Crippen LogP contribution >= 0.6 is 0 Å². The zero-order valence-electron chi connectivity index (χ0n) is 19.0. The lowest BCUT2D eigenvalue weighted by atomic mass is 10.0. The first-order chi connectivity index (χ1) is 16.0. The van der Waals surface area contributed by atoms with Crippen LogP contribution in [0.3, 0.4) is 0 Å². The Balaban J connectivity index is 1.43. The van der Waals surface area contributed by atoms with Gasteiger partial charge in [-0.2, -0.15) is 0 Å². The standard InChI is InChI=1S/C25H30N2O6/c1-3-32-25(30)33-21-11-8-19(9-12-21)24(29)27-16-14-20(15-17-27)26-23(28)13-10-18-6-4-5-7-22(18)31-2/h4-9,11-12,20H,3,10,13-17H2,1-2H3,(H,26,28). The predicted octanol–water partition coefficient (Wildman–Crippen LogP) is 3.58. The van der Waals surface area contributed by atoms with E-state index in [1.165, 1.54) is 0 Å². The number of piperidine rings is 1. The Hall–Kier alpha value is -3.55. The Morgan fingerprint density at radius 3 is 2.39 bits per heavy atom. The summed E-state index contributed by atoms with van der Waals surface area (Å²) in [5.74, 6) is 1.03. The number of benzene rings is 2. The van der Waals surface area contributed by atoms with Gasteiger partial charge >= 0.3 is 6.16 Å². The molecule has 0 bridgehead atoms. The number of likely N-dealkylation sites (tertiary alicyclic amines) is 1. The highest BCUT2D eigenvalue weighted by molar-refractivity contribution is 5.94. The number of nitrogens with one attached hydrogen (secondary N) is 1. The van der Waals surface area contributed by atoms with Gasteiger partial charge in [-0.1, -0.05) is 18.2 Å². The van der Waals surface area contributed by atoms with Crippen LogP contribution in [0, 0.1) is 0 Å². The minimum absolute atomic E-state index is 0.00266. The second-order valence-corrected chi connectivity index (χ2v) is 7.76. The largest absolute Gasteiger partial charge is 0.513 e. The molecule has 0 aromatic heterocycles. The lowest BCUT2D eigenvalue weighted by Crippen LogP contribution is -2.46. The van der Waals surface area contributed by atoms with Crippen molar-refractivity contribution in [2.45, 2.75) is 38.6 Å². The highest BCUT2D eigenvalue weighted by Gasteiger charge is 2.24. The highest BCUT2D eigenvalue weighted by atomic mass is 16.7. The molecule has 1 heterocycles. The molecule has 1 saturated heterocycles. The van der Waals surface area contributed by atoms with Crippen LogP contribution in [0.5, 0.6) is 11.5 Å². The van der Waals surface area contributed by atoms with Gasteiger partial charge in [-0.15, -0.1) is 0 Å². The summed E-state index contributed by atoms with van der Waals surface area (Å²) in [5, 5.41) is 3.08. The van der Waals surface area contributed by atoms with E-state index in [0.717, 1.165) is 11.3 Å². The molecular weight excluding hydrogens is 424 g/mol. The van der Waals surface area contributed by atoms with Crippen LogP contribution in [0.25, 0.3) is 0 Å². The van der Waals surface area contributed by atoms with E-state index in [2.05, 4.69) is 5.32 Å². The zero-order valence-corrected chi connectivity index (χ0v) is 19.0. The molecule has 8 heteroatoms. The maximum absolute atomic E-state index is 12.8. The summed E-state index contributed by atoms with van der Waals surface area (Å²) < 4.78 is 15.1. The number of carbonyl (C=O) groups is 3. The first kappa shape index (κ1) is 24.1. The number of para-hydroxylation sites is 1. The molecule has 176 valence electrons. The molecule has 1 N–H and O–H groups in total. The Morgan fingerprint density at radius 2 is 1.73 bits per heavy atom. The van der Waals surface area contributed by atoms with Crippen molar-refractivity contribution in [2.75, 3.05) is 26.8 Å². The molecule has 1 fully saturated rings. The van der Waals surface area contributed by atoms with E-state index in [0.29, 0.717) is 50.1 Å². The minimum Gasteiger partial charge on any atom is -0.496 e. The number of aryl methyl sites for hydroxylation is 1. The van der Waals surface area contributed by atoms with Gasteiger partial charge in [0.25, 0.3) is 5.91 Å². The maximum atomic E-state index is 12.8. The van der Waals surface area contributed by atoms with E-state index in [1.54, 1.807) is 43.2 Å². The molecule has 2 aromatic rings. The number of nitrogens with zero attached hydrogens (tertiary/aromatic N) is 1. The number of ether oxygens (including phenoxy) is 3. The third kappa shape index (κ3) is 6.97.